The number of alkyl carbamates (subject to hydrolysis) is 1. The van der Waals surface area contributed by atoms with Crippen LogP contribution in [0.4, 0.5) is 10.5 Å². The highest BCUT2D eigenvalue weighted by atomic mass is 16.6. The van der Waals surface area contributed by atoms with E-state index in [1.807, 2.05) is 0 Å². The molecule has 0 spiro atoms. The van der Waals surface area contributed by atoms with Crippen LogP contribution in [0.5, 0.6) is 0 Å². The molecular weight excluding hydrogens is 340 g/mol. The number of Topliss-reactive ketones (excluding diaryl/α,β-unsaturated/α-hetero) is 1. The number of rotatable bonds is 8. The van der Waals surface area contributed by atoms with Crippen molar-refractivity contribution in [3.05, 3.63) is 29.3 Å². The summed E-state index contributed by atoms with van der Waals surface area (Å²) in [6.45, 7) is 7.13. The second-order valence-electron chi connectivity index (χ2n) is 6.34. The molecule has 142 valence electrons. The maximum Gasteiger partial charge on any atom is 0.407 e. The summed E-state index contributed by atoms with van der Waals surface area (Å²) in [6.07, 6.45) is -0.217. The Morgan fingerprint density at radius 2 is 1.88 bits per heavy atom. The number of hydrogen-bond donors (Lipinski definition) is 2. The summed E-state index contributed by atoms with van der Waals surface area (Å²) in [5, 5.41) is 4.91. The lowest BCUT2D eigenvalue weighted by atomic mass is 10.0. The van der Waals surface area contributed by atoms with Crippen molar-refractivity contribution < 1.29 is 28.7 Å². The van der Waals surface area contributed by atoms with Crippen molar-refractivity contribution in [2.45, 2.75) is 39.7 Å². The van der Waals surface area contributed by atoms with Crippen LogP contribution in [0.2, 0.25) is 0 Å². The molecule has 0 atom stereocenters. The monoisotopic (exact) mass is 364 g/mol. The fraction of sp³-hybridized carbons (Fsp3) is 0.444. The van der Waals surface area contributed by atoms with Gasteiger partial charge in [0.2, 0.25) is 6.41 Å². The van der Waals surface area contributed by atoms with Crippen molar-refractivity contribution in [3.63, 3.8) is 0 Å². The molecule has 8 nitrogen and oxygen atoms in total. The molecule has 1 aromatic rings. The number of esters is 1. The van der Waals surface area contributed by atoms with Gasteiger partial charge in [0.25, 0.3) is 0 Å². The molecule has 2 amide bonds. The summed E-state index contributed by atoms with van der Waals surface area (Å²) >= 11 is 0. The third-order valence-electron chi connectivity index (χ3n) is 3.07. The number of anilines is 1. The number of ketones is 1. The predicted octanol–water partition coefficient (Wildman–Crippen LogP) is 2.53. The van der Waals surface area contributed by atoms with Crippen LogP contribution >= 0.6 is 0 Å². The van der Waals surface area contributed by atoms with Gasteiger partial charge in [0.05, 0.1) is 17.9 Å². The number of carbonyl (C=O) groups excluding carboxylic acids is 4. The van der Waals surface area contributed by atoms with Crippen LogP contribution in [-0.4, -0.2) is 43.0 Å². The maximum atomic E-state index is 12.4. The van der Waals surface area contributed by atoms with Gasteiger partial charge in [0.1, 0.15) is 5.60 Å². The van der Waals surface area contributed by atoms with E-state index in [0.717, 1.165) is 0 Å². The van der Waals surface area contributed by atoms with Gasteiger partial charge in [-0.25, -0.2) is 9.59 Å². The highest BCUT2D eigenvalue weighted by Crippen LogP contribution is 2.20. The summed E-state index contributed by atoms with van der Waals surface area (Å²) in [5.41, 5.74) is -0.000885. The van der Waals surface area contributed by atoms with Gasteiger partial charge in [-0.05, 0) is 45.9 Å². The van der Waals surface area contributed by atoms with Crippen molar-refractivity contribution >= 4 is 29.9 Å². The zero-order chi connectivity index (χ0) is 19.7. The molecule has 2 N–H and O–H groups in total. The second-order valence-corrected chi connectivity index (χ2v) is 6.34. The zero-order valence-electron chi connectivity index (χ0n) is 15.4. The van der Waals surface area contributed by atoms with Crippen molar-refractivity contribution in [1.82, 2.24) is 5.32 Å². The van der Waals surface area contributed by atoms with E-state index < -0.39 is 17.7 Å². The van der Waals surface area contributed by atoms with E-state index in [1.54, 1.807) is 27.7 Å². The average molecular weight is 364 g/mol. The quantitative estimate of drug-likeness (QED) is 0.417. The van der Waals surface area contributed by atoms with Crippen LogP contribution < -0.4 is 10.6 Å². The summed E-state index contributed by atoms with van der Waals surface area (Å²) in [4.78, 5) is 46.6. The van der Waals surface area contributed by atoms with Crippen LogP contribution in [0.1, 0.15) is 54.8 Å². The number of ether oxygens (including phenoxy) is 2. The van der Waals surface area contributed by atoms with Gasteiger partial charge < -0.3 is 20.1 Å². The number of amides is 2. The number of hydrogen-bond acceptors (Lipinski definition) is 6. The van der Waals surface area contributed by atoms with E-state index in [2.05, 4.69) is 10.6 Å². The average Bonchev–Trinajstić information content (AvgIpc) is 2.53. The van der Waals surface area contributed by atoms with Gasteiger partial charge in [-0.2, -0.15) is 0 Å². The van der Waals surface area contributed by atoms with Crippen LogP contribution in [0.3, 0.4) is 0 Å². The third kappa shape index (κ3) is 6.92. The summed E-state index contributed by atoms with van der Waals surface area (Å²) in [6, 6.07) is 4.27. The van der Waals surface area contributed by atoms with Crippen LogP contribution in [0.15, 0.2) is 18.2 Å². The highest BCUT2D eigenvalue weighted by molar-refractivity contribution is 6.05. The Bertz CT molecular complexity index is 679. The van der Waals surface area contributed by atoms with Crippen molar-refractivity contribution in [2.24, 2.45) is 0 Å². The fourth-order valence-corrected chi connectivity index (χ4v) is 2.03. The molecule has 0 aliphatic rings. The van der Waals surface area contributed by atoms with Crippen LogP contribution in [0.25, 0.3) is 0 Å². The summed E-state index contributed by atoms with van der Waals surface area (Å²) in [7, 11) is 0. The molecule has 1 aromatic carbocycles. The Morgan fingerprint density at radius 1 is 1.19 bits per heavy atom. The first-order chi connectivity index (χ1) is 12.2. The second kappa shape index (κ2) is 9.55. The predicted molar refractivity (Wildman–Crippen MR) is 95.3 cm³/mol. The highest BCUT2D eigenvalue weighted by Gasteiger charge is 2.18. The SMILES string of the molecule is CCOC(=O)c1ccc(NC=O)c(C(=O)CCNC(=O)OC(C)(C)C)c1. The molecule has 26 heavy (non-hydrogen) atoms. The lowest BCUT2D eigenvalue weighted by Gasteiger charge is -2.19. The van der Waals surface area contributed by atoms with E-state index in [1.165, 1.54) is 18.2 Å². The molecule has 0 unspecified atom stereocenters. The first-order valence-corrected chi connectivity index (χ1v) is 8.19. The van der Waals surface area contributed by atoms with Gasteiger partial charge in [-0.15, -0.1) is 0 Å². The number of benzene rings is 1. The molecule has 0 aliphatic heterocycles. The molecule has 0 aromatic heterocycles. The number of carbonyl (C=O) groups is 4. The minimum Gasteiger partial charge on any atom is -0.462 e. The van der Waals surface area contributed by atoms with E-state index in [0.29, 0.717) is 6.41 Å². The Balaban J connectivity index is 2.81. The first kappa shape index (κ1) is 21.1. The Labute approximate surface area is 152 Å². The molecular formula is C18H24N2O6. The standard InChI is InChI=1S/C18H24N2O6/c1-5-25-16(23)12-6-7-14(20-11-21)13(10-12)15(22)8-9-19-17(24)26-18(2,3)4/h6-7,10-11H,5,8-9H2,1-4H3,(H,19,24)(H,20,21). The molecule has 0 saturated heterocycles. The lowest BCUT2D eigenvalue weighted by molar-refractivity contribution is -0.105. The largest absolute Gasteiger partial charge is 0.462 e. The van der Waals surface area contributed by atoms with Crippen molar-refractivity contribution in [1.29, 1.82) is 0 Å². The molecule has 0 heterocycles. The van der Waals surface area contributed by atoms with E-state index >= 15 is 0 Å². The Hall–Kier alpha value is -2.90. The smallest absolute Gasteiger partial charge is 0.407 e. The fourth-order valence-electron chi connectivity index (χ4n) is 2.03. The molecule has 8 heteroatoms. The van der Waals surface area contributed by atoms with Gasteiger partial charge in [-0.3, -0.25) is 9.59 Å². The minimum atomic E-state index is -0.636. The van der Waals surface area contributed by atoms with E-state index in [9.17, 15) is 19.2 Å². The molecule has 0 bridgehead atoms. The van der Waals surface area contributed by atoms with Crippen molar-refractivity contribution in [3.8, 4) is 0 Å². The molecule has 0 saturated carbocycles. The summed E-state index contributed by atoms with van der Waals surface area (Å²) in [5.74, 6) is -0.914. The van der Waals surface area contributed by atoms with Gasteiger partial charge in [-0.1, -0.05) is 0 Å². The molecule has 1 rings (SSSR count). The van der Waals surface area contributed by atoms with Crippen molar-refractivity contribution in [2.75, 3.05) is 18.5 Å². The number of nitrogens with one attached hydrogen (secondary N) is 2. The van der Waals surface area contributed by atoms with Crippen LogP contribution in [-0.2, 0) is 14.3 Å². The molecule has 0 radical (unpaired) electrons. The minimum absolute atomic E-state index is 0.0287. The maximum absolute atomic E-state index is 12.4. The summed E-state index contributed by atoms with van der Waals surface area (Å²) < 4.78 is 9.99. The van der Waals surface area contributed by atoms with Gasteiger partial charge >= 0.3 is 12.1 Å². The lowest BCUT2D eigenvalue weighted by Crippen LogP contribution is -2.33. The molecule has 0 aliphatic carbocycles. The van der Waals surface area contributed by atoms with Crippen LogP contribution in [0, 0.1) is 0 Å². The first-order valence-electron chi connectivity index (χ1n) is 8.19. The zero-order valence-corrected chi connectivity index (χ0v) is 15.4. The normalized spacial score (nSPS) is 10.6. The Morgan fingerprint density at radius 3 is 2.46 bits per heavy atom. The van der Waals surface area contributed by atoms with E-state index in [4.69, 9.17) is 9.47 Å². The molecule has 0 fully saturated rings. The van der Waals surface area contributed by atoms with E-state index in [-0.39, 0.29) is 42.2 Å². The Kier molecular flexibility index (Phi) is 7.77. The third-order valence-corrected chi connectivity index (χ3v) is 3.07. The van der Waals surface area contributed by atoms with Gasteiger partial charge in [0.15, 0.2) is 5.78 Å². The topological polar surface area (TPSA) is 111 Å². The van der Waals surface area contributed by atoms with Gasteiger partial charge in [0, 0.05) is 18.5 Å².